The first-order chi connectivity index (χ1) is 14.6. The molecule has 1 saturated heterocycles. The Labute approximate surface area is 176 Å². The lowest BCUT2D eigenvalue weighted by atomic mass is 10.1. The van der Waals surface area contributed by atoms with Crippen molar-refractivity contribution >= 4 is 33.3 Å². The number of aliphatic hydroxyl groups excluding tert-OH is 1. The van der Waals surface area contributed by atoms with Crippen molar-refractivity contribution in [1.29, 1.82) is 0 Å². The number of fused-ring (bicyclic) bond motifs is 1. The Morgan fingerprint density at radius 3 is 2.67 bits per heavy atom. The van der Waals surface area contributed by atoms with Gasteiger partial charge in [0.1, 0.15) is 16.7 Å². The first kappa shape index (κ1) is 18.7. The topological polar surface area (TPSA) is 105 Å². The van der Waals surface area contributed by atoms with Gasteiger partial charge in [-0.15, -0.1) is 11.3 Å². The highest BCUT2D eigenvalue weighted by Crippen LogP contribution is 2.41. The third-order valence-electron chi connectivity index (χ3n) is 5.30. The van der Waals surface area contributed by atoms with Gasteiger partial charge in [0.15, 0.2) is 5.82 Å². The molecule has 1 aliphatic heterocycles. The zero-order valence-corrected chi connectivity index (χ0v) is 16.8. The molecule has 5 rings (SSSR count). The molecule has 4 aromatic rings. The van der Waals surface area contributed by atoms with Crippen LogP contribution in [0.4, 0.5) is 5.82 Å². The number of hydrogen-bond acceptors (Lipinski definition) is 7. The third kappa shape index (κ3) is 3.20. The zero-order chi connectivity index (χ0) is 20.7. The second-order valence-electron chi connectivity index (χ2n) is 7.27. The van der Waals surface area contributed by atoms with E-state index in [4.69, 9.17) is 15.7 Å². The summed E-state index contributed by atoms with van der Waals surface area (Å²) in [5, 5.41) is 13.2. The molecule has 3 N–H and O–H groups in total. The van der Waals surface area contributed by atoms with Crippen molar-refractivity contribution in [2.45, 2.75) is 18.6 Å². The predicted molar refractivity (Wildman–Crippen MR) is 117 cm³/mol. The van der Waals surface area contributed by atoms with E-state index in [0.29, 0.717) is 11.6 Å². The number of nitrogens with two attached hydrogens (primary N) is 1. The first-order valence-corrected chi connectivity index (χ1v) is 10.5. The van der Waals surface area contributed by atoms with Crippen LogP contribution >= 0.6 is 11.3 Å². The number of thiophene rings is 1. The van der Waals surface area contributed by atoms with Crippen LogP contribution in [-0.4, -0.2) is 44.7 Å². The van der Waals surface area contributed by atoms with Crippen LogP contribution in [0.25, 0.3) is 32.7 Å². The minimum atomic E-state index is -0.645. The summed E-state index contributed by atoms with van der Waals surface area (Å²) < 4.78 is 0. The third-order valence-corrected chi connectivity index (χ3v) is 6.17. The molecular weight excluding hydrogens is 398 g/mol. The molecule has 4 heterocycles. The van der Waals surface area contributed by atoms with Crippen LogP contribution in [0.3, 0.4) is 0 Å². The number of carbonyl (C=O) groups is 1. The number of pyridine rings is 1. The van der Waals surface area contributed by atoms with Crippen molar-refractivity contribution in [3.8, 4) is 22.5 Å². The number of anilines is 1. The van der Waals surface area contributed by atoms with Gasteiger partial charge in [-0.1, -0.05) is 30.3 Å². The summed E-state index contributed by atoms with van der Waals surface area (Å²) in [6.07, 6.45) is 3.05. The van der Waals surface area contributed by atoms with E-state index >= 15 is 0 Å². The Balaban J connectivity index is 1.77. The lowest BCUT2D eigenvalue weighted by molar-refractivity contribution is -0.119. The van der Waals surface area contributed by atoms with Gasteiger partial charge in [0.2, 0.25) is 5.91 Å². The summed E-state index contributed by atoms with van der Waals surface area (Å²) in [6, 6.07) is 13.1. The molecule has 7 nitrogen and oxygen atoms in total. The summed E-state index contributed by atoms with van der Waals surface area (Å²) in [5.74, 6) is 0.661. The van der Waals surface area contributed by atoms with Crippen molar-refractivity contribution in [2.75, 3.05) is 11.4 Å². The molecule has 0 saturated carbocycles. The molecule has 0 radical (unpaired) electrons. The van der Waals surface area contributed by atoms with Gasteiger partial charge in [-0.2, -0.15) is 0 Å². The number of aromatic nitrogens is 3. The average Bonchev–Trinajstić information content (AvgIpc) is 3.38. The molecule has 150 valence electrons. The lowest BCUT2D eigenvalue weighted by Crippen LogP contribution is -2.41. The summed E-state index contributed by atoms with van der Waals surface area (Å²) >= 11 is 1.52. The second-order valence-corrected chi connectivity index (χ2v) is 8.13. The highest BCUT2D eigenvalue weighted by molar-refractivity contribution is 7.17. The van der Waals surface area contributed by atoms with Crippen LogP contribution < -0.4 is 10.6 Å². The average molecular weight is 417 g/mol. The lowest BCUT2D eigenvalue weighted by Gasteiger charge is -2.24. The number of primary amides is 1. The molecule has 8 heteroatoms. The molecular formula is C22H19N5O2S. The largest absolute Gasteiger partial charge is 0.391 e. The molecule has 0 aliphatic carbocycles. The highest BCUT2D eigenvalue weighted by Gasteiger charge is 2.37. The van der Waals surface area contributed by atoms with Crippen LogP contribution in [0.1, 0.15) is 6.42 Å². The van der Waals surface area contributed by atoms with E-state index in [0.717, 1.165) is 26.9 Å². The zero-order valence-electron chi connectivity index (χ0n) is 16.0. The second kappa shape index (κ2) is 7.47. The summed E-state index contributed by atoms with van der Waals surface area (Å²) in [7, 11) is 0. The molecule has 1 aromatic carbocycles. The van der Waals surface area contributed by atoms with E-state index in [1.54, 1.807) is 12.4 Å². The van der Waals surface area contributed by atoms with Gasteiger partial charge in [-0.25, -0.2) is 9.97 Å². The number of benzene rings is 1. The van der Waals surface area contributed by atoms with E-state index in [1.165, 1.54) is 11.3 Å². The number of amides is 1. The number of nitrogens with zero attached hydrogens (tertiary/aromatic N) is 4. The number of hydrogen-bond donors (Lipinski definition) is 2. The van der Waals surface area contributed by atoms with Crippen LogP contribution in [0.5, 0.6) is 0 Å². The SMILES string of the molecule is NC(=O)[C@@H]1C[C@H](O)CN1c1nc(-c2cccnc2)nc2scc(-c3ccccc3)c12. The molecule has 3 aromatic heterocycles. The molecule has 0 spiro atoms. The maximum Gasteiger partial charge on any atom is 0.240 e. The Hall–Kier alpha value is -3.36. The Kier molecular flexibility index (Phi) is 4.65. The molecule has 1 amide bonds. The van der Waals surface area contributed by atoms with E-state index in [9.17, 15) is 9.90 Å². The monoisotopic (exact) mass is 417 g/mol. The van der Waals surface area contributed by atoms with E-state index in [1.807, 2.05) is 47.4 Å². The van der Waals surface area contributed by atoms with Crippen molar-refractivity contribution in [2.24, 2.45) is 5.73 Å². The number of β-amino-alcohol motifs (C(OH)–C–C–N with tert-alkyl or cyclic N) is 1. The quantitative estimate of drug-likeness (QED) is 0.529. The fraction of sp³-hybridized carbons (Fsp3) is 0.182. The fourth-order valence-corrected chi connectivity index (χ4v) is 4.84. The van der Waals surface area contributed by atoms with Crippen molar-refractivity contribution < 1.29 is 9.90 Å². The van der Waals surface area contributed by atoms with Gasteiger partial charge in [-0.05, 0) is 17.7 Å². The van der Waals surface area contributed by atoms with E-state index in [2.05, 4.69) is 10.4 Å². The van der Waals surface area contributed by atoms with Crippen LogP contribution in [0, 0.1) is 0 Å². The van der Waals surface area contributed by atoms with Gasteiger partial charge in [0.25, 0.3) is 0 Å². The highest BCUT2D eigenvalue weighted by atomic mass is 32.1. The fourth-order valence-electron chi connectivity index (χ4n) is 3.90. The van der Waals surface area contributed by atoms with Crippen molar-refractivity contribution in [1.82, 2.24) is 15.0 Å². The molecule has 2 atom stereocenters. The molecule has 1 aliphatic rings. The minimum absolute atomic E-state index is 0.286. The van der Waals surface area contributed by atoms with Gasteiger partial charge in [-0.3, -0.25) is 9.78 Å². The normalized spacial score (nSPS) is 18.8. The van der Waals surface area contributed by atoms with E-state index < -0.39 is 18.1 Å². The molecule has 30 heavy (non-hydrogen) atoms. The maximum atomic E-state index is 12.1. The number of aliphatic hydroxyl groups is 1. The van der Waals surface area contributed by atoms with Gasteiger partial charge < -0.3 is 15.7 Å². The molecule has 0 unspecified atom stereocenters. The van der Waals surface area contributed by atoms with Crippen LogP contribution in [0.2, 0.25) is 0 Å². The minimum Gasteiger partial charge on any atom is -0.391 e. The Bertz CT molecular complexity index is 1210. The first-order valence-electron chi connectivity index (χ1n) is 9.61. The number of rotatable bonds is 4. The standard InChI is InChI=1S/C22H19N5O2S/c23-19(29)17-9-15(28)11-27(17)21-18-16(13-5-2-1-3-6-13)12-30-22(18)26-20(25-21)14-7-4-8-24-10-14/h1-8,10,12,15,17,28H,9,11H2,(H2,23,29)/t15-,17-/m0/s1. The Morgan fingerprint density at radius 2 is 1.93 bits per heavy atom. The predicted octanol–water partition coefficient (Wildman–Crippen LogP) is 2.85. The summed E-state index contributed by atoms with van der Waals surface area (Å²) in [6.45, 7) is 0.288. The van der Waals surface area contributed by atoms with E-state index in [-0.39, 0.29) is 13.0 Å². The van der Waals surface area contributed by atoms with Crippen LogP contribution in [-0.2, 0) is 4.79 Å². The summed E-state index contributed by atoms with van der Waals surface area (Å²) in [5.41, 5.74) is 8.48. The molecule has 1 fully saturated rings. The van der Waals surface area contributed by atoms with Gasteiger partial charge >= 0.3 is 0 Å². The number of carbonyl (C=O) groups excluding carboxylic acids is 1. The summed E-state index contributed by atoms with van der Waals surface area (Å²) in [4.78, 5) is 28.5. The van der Waals surface area contributed by atoms with Crippen LogP contribution in [0.15, 0.2) is 60.2 Å². The van der Waals surface area contributed by atoms with Crippen molar-refractivity contribution in [3.63, 3.8) is 0 Å². The van der Waals surface area contributed by atoms with Gasteiger partial charge in [0, 0.05) is 41.9 Å². The smallest absolute Gasteiger partial charge is 0.240 e. The van der Waals surface area contributed by atoms with Crippen molar-refractivity contribution in [3.05, 3.63) is 60.2 Å². The van der Waals surface area contributed by atoms with Gasteiger partial charge in [0.05, 0.1) is 11.5 Å². The Morgan fingerprint density at radius 1 is 1.13 bits per heavy atom. The maximum absolute atomic E-state index is 12.1. The molecule has 0 bridgehead atoms.